The normalized spacial score (nSPS) is 10.7. The van der Waals surface area contributed by atoms with Crippen molar-refractivity contribution in [3.8, 4) is 11.4 Å². The summed E-state index contributed by atoms with van der Waals surface area (Å²) in [6.07, 6.45) is 0. The third-order valence-electron chi connectivity index (χ3n) is 3.62. The third kappa shape index (κ3) is 4.23. The number of nitrogens with zero attached hydrogens (tertiary/aromatic N) is 3. The van der Waals surface area contributed by atoms with Crippen molar-refractivity contribution >= 4 is 35.0 Å². The molecule has 0 saturated carbocycles. The number of nitrogens with one attached hydrogen (secondary N) is 1. The average Bonchev–Trinajstić information content (AvgIpc) is 3.05. The Morgan fingerprint density at radius 2 is 1.92 bits per heavy atom. The molecule has 0 aliphatic carbocycles. The maximum Gasteiger partial charge on any atom is 0.234 e. The van der Waals surface area contributed by atoms with Crippen LogP contribution in [0.5, 0.6) is 0 Å². The number of benzene rings is 2. The predicted molar refractivity (Wildman–Crippen MR) is 102 cm³/mol. The molecule has 0 bridgehead atoms. The summed E-state index contributed by atoms with van der Waals surface area (Å²) in [6, 6.07) is 13.4. The topological polar surface area (TPSA) is 59.8 Å². The Kier molecular flexibility index (Phi) is 5.90. The lowest BCUT2D eigenvalue weighted by atomic mass is 10.2. The molecule has 5 nitrogen and oxygen atoms in total. The maximum atomic E-state index is 13.6. The van der Waals surface area contributed by atoms with Crippen LogP contribution in [0.4, 0.5) is 10.1 Å². The van der Waals surface area contributed by atoms with Crippen molar-refractivity contribution in [3.05, 3.63) is 59.4 Å². The number of hydrogen-bond donors (Lipinski definition) is 1. The number of aromatic nitrogens is 3. The Labute approximate surface area is 159 Å². The van der Waals surface area contributed by atoms with Crippen LogP contribution in [0.3, 0.4) is 0 Å². The van der Waals surface area contributed by atoms with E-state index in [1.54, 1.807) is 24.3 Å². The molecule has 0 atom stereocenters. The lowest BCUT2D eigenvalue weighted by molar-refractivity contribution is -0.113. The first-order valence-electron chi connectivity index (χ1n) is 7.94. The summed E-state index contributed by atoms with van der Waals surface area (Å²) in [5, 5.41) is 12.2. The number of carbonyl (C=O) groups excluding carboxylic acids is 1. The molecule has 2 aromatic carbocycles. The van der Waals surface area contributed by atoms with Gasteiger partial charge in [-0.05, 0) is 43.3 Å². The van der Waals surface area contributed by atoms with E-state index in [9.17, 15) is 9.18 Å². The highest BCUT2D eigenvalue weighted by Crippen LogP contribution is 2.25. The molecule has 1 amide bonds. The summed E-state index contributed by atoms with van der Waals surface area (Å²) in [6.45, 7) is 2.63. The molecule has 134 valence electrons. The second kappa shape index (κ2) is 8.33. The van der Waals surface area contributed by atoms with E-state index < -0.39 is 5.82 Å². The molecular weight excluding hydrogens is 375 g/mol. The second-order valence-electron chi connectivity index (χ2n) is 5.37. The lowest BCUT2D eigenvalue weighted by Crippen LogP contribution is -2.15. The third-order valence-corrected chi connectivity index (χ3v) is 4.83. The fourth-order valence-electron chi connectivity index (χ4n) is 2.37. The van der Waals surface area contributed by atoms with E-state index in [-0.39, 0.29) is 17.3 Å². The molecule has 8 heteroatoms. The molecule has 1 N–H and O–H groups in total. The average molecular weight is 391 g/mol. The van der Waals surface area contributed by atoms with Crippen LogP contribution in [-0.2, 0) is 11.3 Å². The highest BCUT2D eigenvalue weighted by molar-refractivity contribution is 7.99. The number of carbonyl (C=O) groups is 1. The first kappa shape index (κ1) is 18.4. The Morgan fingerprint density at radius 3 is 2.62 bits per heavy atom. The smallest absolute Gasteiger partial charge is 0.234 e. The molecular formula is C18H16ClFN4OS. The van der Waals surface area contributed by atoms with Gasteiger partial charge in [0.1, 0.15) is 5.82 Å². The monoisotopic (exact) mass is 390 g/mol. The standard InChI is InChI=1S/C18H16ClFN4OS/c1-2-24-17(12-7-9-13(19)10-8-12)22-23-18(24)26-11-16(25)21-15-6-4-3-5-14(15)20/h3-10H,2,11H2,1H3,(H,21,25). The molecule has 0 aliphatic heterocycles. The lowest BCUT2D eigenvalue weighted by Gasteiger charge is -2.08. The minimum absolute atomic E-state index is 0.104. The molecule has 0 aliphatic rings. The molecule has 0 unspecified atom stereocenters. The molecule has 26 heavy (non-hydrogen) atoms. The van der Waals surface area contributed by atoms with E-state index in [1.165, 1.54) is 23.9 Å². The van der Waals surface area contributed by atoms with E-state index in [0.717, 1.165) is 5.56 Å². The highest BCUT2D eigenvalue weighted by atomic mass is 35.5. The van der Waals surface area contributed by atoms with Crippen molar-refractivity contribution in [2.75, 3.05) is 11.1 Å². The van der Waals surface area contributed by atoms with Gasteiger partial charge in [-0.15, -0.1) is 10.2 Å². The van der Waals surface area contributed by atoms with Gasteiger partial charge >= 0.3 is 0 Å². The van der Waals surface area contributed by atoms with E-state index in [0.29, 0.717) is 22.5 Å². The summed E-state index contributed by atoms with van der Waals surface area (Å²) in [5.41, 5.74) is 1.06. The van der Waals surface area contributed by atoms with Gasteiger partial charge in [0.25, 0.3) is 0 Å². The molecule has 1 aromatic heterocycles. The Bertz CT molecular complexity index is 914. The number of para-hydroxylation sites is 1. The van der Waals surface area contributed by atoms with Gasteiger partial charge in [0.15, 0.2) is 11.0 Å². The van der Waals surface area contributed by atoms with Crippen molar-refractivity contribution < 1.29 is 9.18 Å². The quantitative estimate of drug-likeness (QED) is 0.630. The fraction of sp³-hybridized carbons (Fsp3) is 0.167. The molecule has 3 aromatic rings. The van der Waals surface area contributed by atoms with Crippen LogP contribution in [0.1, 0.15) is 6.92 Å². The molecule has 0 radical (unpaired) electrons. The van der Waals surface area contributed by atoms with E-state index in [4.69, 9.17) is 11.6 Å². The number of hydrogen-bond acceptors (Lipinski definition) is 4. The SMILES string of the molecule is CCn1c(SCC(=O)Nc2ccccc2F)nnc1-c1ccc(Cl)cc1. The van der Waals surface area contributed by atoms with Gasteiger partial charge in [0, 0.05) is 17.1 Å². The van der Waals surface area contributed by atoms with Gasteiger partial charge in [-0.1, -0.05) is 35.5 Å². The fourth-order valence-corrected chi connectivity index (χ4v) is 3.30. The Hall–Kier alpha value is -2.38. The van der Waals surface area contributed by atoms with Crippen LogP contribution in [0.15, 0.2) is 53.7 Å². The zero-order valence-corrected chi connectivity index (χ0v) is 15.5. The van der Waals surface area contributed by atoms with Crippen molar-refractivity contribution in [2.45, 2.75) is 18.6 Å². The number of thioether (sulfide) groups is 1. The van der Waals surface area contributed by atoms with E-state index in [2.05, 4.69) is 15.5 Å². The predicted octanol–water partition coefficient (Wildman–Crippen LogP) is 4.49. The van der Waals surface area contributed by atoms with Crippen molar-refractivity contribution in [1.29, 1.82) is 0 Å². The van der Waals surface area contributed by atoms with E-state index >= 15 is 0 Å². The van der Waals surface area contributed by atoms with Crippen molar-refractivity contribution in [3.63, 3.8) is 0 Å². The maximum absolute atomic E-state index is 13.6. The van der Waals surface area contributed by atoms with Crippen molar-refractivity contribution in [1.82, 2.24) is 14.8 Å². The van der Waals surface area contributed by atoms with Crippen molar-refractivity contribution in [2.24, 2.45) is 0 Å². The highest BCUT2D eigenvalue weighted by Gasteiger charge is 2.15. The van der Waals surface area contributed by atoms with Crippen LogP contribution in [0.2, 0.25) is 5.02 Å². The van der Waals surface area contributed by atoms with E-state index in [1.807, 2.05) is 23.6 Å². The van der Waals surface area contributed by atoms with Crippen LogP contribution in [0.25, 0.3) is 11.4 Å². The van der Waals surface area contributed by atoms with Gasteiger partial charge in [-0.3, -0.25) is 4.79 Å². The van der Waals surface area contributed by atoms with Crippen LogP contribution in [-0.4, -0.2) is 26.4 Å². The van der Waals surface area contributed by atoms with Gasteiger partial charge in [0.05, 0.1) is 11.4 Å². The van der Waals surface area contributed by atoms with Gasteiger partial charge in [-0.2, -0.15) is 0 Å². The molecule has 1 heterocycles. The first-order valence-corrected chi connectivity index (χ1v) is 9.31. The molecule has 0 saturated heterocycles. The number of amides is 1. The first-order chi connectivity index (χ1) is 12.6. The second-order valence-corrected chi connectivity index (χ2v) is 6.75. The number of anilines is 1. The number of rotatable bonds is 6. The minimum Gasteiger partial charge on any atom is -0.323 e. The van der Waals surface area contributed by atoms with Crippen LogP contribution in [0, 0.1) is 5.82 Å². The molecule has 0 fully saturated rings. The van der Waals surface area contributed by atoms with Crippen LogP contribution < -0.4 is 5.32 Å². The summed E-state index contributed by atoms with van der Waals surface area (Å²) in [5.74, 6) is 0.0418. The largest absolute Gasteiger partial charge is 0.323 e. The van der Waals surface area contributed by atoms with Gasteiger partial charge < -0.3 is 9.88 Å². The zero-order chi connectivity index (χ0) is 18.5. The Morgan fingerprint density at radius 1 is 1.19 bits per heavy atom. The van der Waals surface area contributed by atoms with Gasteiger partial charge in [0.2, 0.25) is 5.91 Å². The summed E-state index contributed by atoms with van der Waals surface area (Å²) in [4.78, 5) is 12.1. The summed E-state index contributed by atoms with van der Waals surface area (Å²) in [7, 11) is 0. The van der Waals surface area contributed by atoms with Gasteiger partial charge in [-0.25, -0.2) is 4.39 Å². The minimum atomic E-state index is -0.465. The molecule has 3 rings (SSSR count). The zero-order valence-electron chi connectivity index (χ0n) is 13.9. The van der Waals surface area contributed by atoms with Crippen LogP contribution >= 0.6 is 23.4 Å². The molecule has 0 spiro atoms. The summed E-state index contributed by atoms with van der Waals surface area (Å²) < 4.78 is 15.5. The number of halogens is 2. The Balaban J connectivity index is 1.69. The summed E-state index contributed by atoms with van der Waals surface area (Å²) >= 11 is 7.17.